The molecule has 2 amide bonds. The summed E-state index contributed by atoms with van der Waals surface area (Å²) in [6, 6.07) is 9.74. The number of halogens is 2. The van der Waals surface area contributed by atoms with Gasteiger partial charge in [0.15, 0.2) is 0 Å². The molecule has 0 bridgehead atoms. The summed E-state index contributed by atoms with van der Waals surface area (Å²) < 4.78 is 31.5. The third-order valence-electron chi connectivity index (χ3n) is 3.76. The third kappa shape index (κ3) is 6.34. The molecule has 144 valence electrons. The first-order valence-corrected chi connectivity index (χ1v) is 8.32. The number of carbonyl (C=O) groups excluding carboxylic acids is 2. The second-order valence-corrected chi connectivity index (χ2v) is 5.75. The Morgan fingerprint density at radius 3 is 2.19 bits per heavy atom. The van der Waals surface area contributed by atoms with E-state index in [4.69, 9.17) is 4.74 Å². The SMILES string of the molecule is CCN(CC(=O)Nc1ccc(OC)cc1)CC(=O)Nc1ccc(F)cc1F. The van der Waals surface area contributed by atoms with E-state index in [0.717, 1.165) is 12.1 Å². The first-order chi connectivity index (χ1) is 12.9. The fourth-order valence-corrected chi connectivity index (χ4v) is 2.34. The van der Waals surface area contributed by atoms with Gasteiger partial charge in [-0.2, -0.15) is 0 Å². The number of ether oxygens (including phenoxy) is 1. The lowest BCUT2D eigenvalue weighted by atomic mass is 10.3. The molecule has 27 heavy (non-hydrogen) atoms. The molecule has 0 heterocycles. The average molecular weight is 377 g/mol. The van der Waals surface area contributed by atoms with Gasteiger partial charge in [-0.25, -0.2) is 8.78 Å². The second-order valence-electron chi connectivity index (χ2n) is 5.75. The number of rotatable bonds is 8. The third-order valence-corrected chi connectivity index (χ3v) is 3.76. The zero-order valence-corrected chi connectivity index (χ0v) is 15.1. The predicted molar refractivity (Wildman–Crippen MR) is 98.7 cm³/mol. The highest BCUT2D eigenvalue weighted by molar-refractivity contribution is 5.94. The number of benzene rings is 2. The van der Waals surface area contributed by atoms with Gasteiger partial charge >= 0.3 is 0 Å². The number of nitrogens with one attached hydrogen (secondary N) is 2. The van der Waals surface area contributed by atoms with E-state index >= 15 is 0 Å². The molecule has 6 nitrogen and oxygen atoms in total. The zero-order valence-electron chi connectivity index (χ0n) is 15.1. The summed E-state index contributed by atoms with van der Waals surface area (Å²) in [6.45, 7) is 2.12. The van der Waals surface area contributed by atoms with Crippen molar-refractivity contribution in [1.29, 1.82) is 0 Å². The van der Waals surface area contributed by atoms with Crippen molar-refractivity contribution in [1.82, 2.24) is 4.90 Å². The van der Waals surface area contributed by atoms with E-state index in [1.807, 2.05) is 0 Å². The minimum absolute atomic E-state index is 0.0121. The molecule has 0 radical (unpaired) electrons. The Labute approximate surface area is 156 Å². The summed E-state index contributed by atoms with van der Waals surface area (Å²) >= 11 is 0. The molecular formula is C19H21F2N3O3. The summed E-state index contributed by atoms with van der Waals surface area (Å²) in [4.78, 5) is 25.8. The van der Waals surface area contributed by atoms with Crippen molar-refractivity contribution in [3.63, 3.8) is 0 Å². The molecule has 0 fully saturated rings. The number of anilines is 2. The Morgan fingerprint density at radius 2 is 1.63 bits per heavy atom. The van der Waals surface area contributed by atoms with Crippen molar-refractivity contribution in [3.05, 3.63) is 54.1 Å². The topological polar surface area (TPSA) is 70.7 Å². The van der Waals surface area contributed by atoms with Crippen LogP contribution in [-0.2, 0) is 9.59 Å². The fraction of sp³-hybridized carbons (Fsp3) is 0.263. The maximum absolute atomic E-state index is 13.6. The number of hydrogen-bond acceptors (Lipinski definition) is 4. The highest BCUT2D eigenvalue weighted by atomic mass is 19.1. The molecule has 8 heteroatoms. The van der Waals surface area contributed by atoms with E-state index in [2.05, 4.69) is 10.6 Å². The lowest BCUT2D eigenvalue weighted by Gasteiger charge is -2.19. The predicted octanol–water partition coefficient (Wildman–Crippen LogP) is 2.87. The van der Waals surface area contributed by atoms with Crippen LogP contribution in [-0.4, -0.2) is 43.5 Å². The van der Waals surface area contributed by atoms with Crippen LogP contribution in [0.25, 0.3) is 0 Å². The summed E-state index contributed by atoms with van der Waals surface area (Å²) in [5, 5.41) is 5.10. The van der Waals surface area contributed by atoms with Gasteiger partial charge in [-0.15, -0.1) is 0 Å². The molecule has 0 atom stereocenters. The highest BCUT2D eigenvalue weighted by Gasteiger charge is 2.15. The largest absolute Gasteiger partial charge is 0.497 e. The van der Waals surface area contributed by atoms with Gasteiger partial charge in [0.2, 0.25) is 11.8 Å². The van der Waals surface area contributed by atoms with Crippen LogP contribution in [0.15, 0.2) is 42.5 Å². The molecule has 2 aromatic carbocycles. The first kappa shape index (κ1) is 20.3. The van der Waals surface area contributed by atoms with Crippen LogP contribution < -0.4 is 15.4 Å². The van der Waals surface area contributed by atoms with Crippen LogP contribution in [0.2, 0.25) is 0 Å². The zero-order chi connectivity index (χ0) is 19.8. The van der Waals surface area contributed by atoms with E-state index in [9.17, 15) is 18.4 Å². The lowest BCUT2D eigenvalue weighted by molar-refractivity contribution is -0.119. The lowest BCUT2D eigenvalue weighted by Crippen LogP contribution is -2.38. The average Bonchev–Trinajstić information content (AvgIpc) is 2.64. The van der Waals surface area contributed by atoms with Gasteiger partial charge in [0.25, 0.3) is 0 Å². The number of carbonyl (C=O) groups is 2. The molecule has 0 saturated carbocycles. The molecule has 0 unspecified atom stereocenters. The van der Waals surface area contributed by atoms with Crippen LogP contribution in [0, 0.1) is 11.6 Å². The Hall–Kier alpha value is -3.00. The van der Waals surface area contributed by atoms with Crippen molar-refractivity contribution in [2.24, 2.45) is 0 Å². The number of methoxy groups -OCH3 is 1. The number of amides is 2. The molecular weight excluding hydrogens is 356 g/mol. The fourth-order valence-electron chi connectivity index (χ4n) is 2.34. The molecule has 0 aliphatic carbocycles. The Balaban J connectivity index is 1.87. The molecule has 0 aromatic heterocycles. The van der Waals surface area contributed by atoms with Crippen LogP contribution >= 0.6 is 0 Å². The standard InChI is InChI=1S/C19H21F2N3O3/c1-3-24(11-18(25)22-14-5-7-15(27-2)8-6-14)12-19(26)23-17-9-4-13(20)10-16(17)21/h4-10H,3,11-12H2,1-2H3,(H,22,25)(H,23,26). The maximum Gasteiger partial charge on any atom is 0.238 e. The molecule has 0 aliphatic rings. The van der Waals surface area contributed by atoms with E-state index in [1.54, 1.807) is 43.2 Å². The van der Waals surface area contributed by atoms with Gasteiger partial charge in [0, 0.05) is 11.8 Å². The number of nitrogens with zero attached hydrogens (tertiary/aromatic N) is 1. The van der Waals surface area contributed by atoms with Crippen LogP contribution in [0.4, 0.5) is 20.2 Å². The maximum atomic E-state index is 13.6. The van der Waals surface area contributed by atoms with Crippen molar-refractivity contribution in [3.8, 4) is 5.75 Å². The highest BCUT2D eigenvalue weighted by Crippen LogP contribution is 2.16. The quantitative estimate of drug-likeness (QED) is 0.742. The molecule has 2 rings (SSSR count). The number of likely N-dealkylation sites (N-methyl/N-ethyl adjacent to an activating group) is 1. The van der Waals surface area contributed by atoms with Gasteiger partial charge in [0.05, 0.1) is 25.9 Å². The normalized spacial score (nSPS) is 10.6. The van der Waals surface area contributed by atoms with Crippen LogP contribution in [0.3, 0.4) is 0 Å². The Bertz CT molecular complexity index is 797. The molecule has 0 aliphatic heterocycles. The molecule has 0 spiro atoms. The van der Waals surface area contributed by atoms with Crippen molar-refractivity contribution < 1.29 is 23.1 Å². The van der Waals surface area contributed by atoms with Crippen molar-refractivity contribution in [2.75, 3.05) is 37.4 Å². The van der Waals surface area contributed by atoms with Gasteiger partial charge in [-0.05, 0) is 42.9 Å². The smallest absolute Gasteiger partial charge is 0.238 e. The summed E-state index contributed by atoms with van der Waals surface area (Å²) in [6.07, 6.45) is 0. The van der Waals surface area contributed by atoms with Gasteiger partial charge in [0.1, 0.15) is 17.4 Å². The second kappa shape index (κ2) is 9.63. The van der Waals surface area contributed by atoms with Crippen LogP contribution in [0.1, 0.15) is 6.92 Å². The van der Waals surface area contributed by atoms with Gasteiger partial charge in [-0.3, -0.25) is 14.5 Å². The summed E-state index contributed by atoms with van der Waals surface area (Å²) in [5.74, 6) is -1.70. The van der Waals surface area contributed by atoms with Crippen LogP contribution in [0.5, 0.6) is 5.75 Å². The number of hydrogen-bond donors (Lipinski definition) is 2. The molecule has 2 aromatic rings. The monoisotopic (exact) mass is 377 g/mol. The van der Waals surface area contributed by atoms with E-state index in [-0.39, 0.29) is 24.7 Å². The van der Waals surface area contributed by atoms with Gasteiger partial charge in [-0.1, -0.05) is 6.92 Å². The van der Waals surface area contributed by atoms with E-state index < -0.39 is 17.5 Å². The Kier molecular flexibility index (Phi) is 7.25. The van der Waals surface area contributed by atoms with Gasteiger partial charge < -0.3 is 15.4 Å². The summed E-state index contributed by atoms with van der Waals surface area (Å²) in [7, 11) is 1.55. The van der Waals surface area contributed by atoms with E-state index in [1.165, 1.54) is 0 Å². The van der Waals surface area contributed by atoms with Crippen molar-refractivity contribution in [2.45, 2.75) is 6.92 Å². The minimum atomic E-state index is -0.858. The van der Waals surface area contributed by atoms with E-state index in [0.29, 0.717) is 24.0 Å². The first-order valence-electron chi connectivity index (χ1n) is 8.32. The summed E-state index contributed by atoms with van der Waals surface area (Å²) in [5.41, 5.74) is 0.495. The minimum Gasteiger partial charge on any atom is -0.497 e. The molecule has 0 saturated heterocycles. The van der Waals surface area contributed by atoms with Crippen molar-refractivity contribution >= 4 is 23.2 Å². The Morgan fingerprint density at radius 1 is 1.00 bits per heavy atom. The molecule has 2 N–H and O–H groups in total.